The van der Waals surface area contributed by atoms with Crippen LogP contribution in [0.4, 0.5) is 20.3 Å². The molecule has 4 heterocycles. The average molecular weight is 427 g/mol. The molecule has 12 heteroatoms. The third-order valence-electron chi connectivity index (χ3n) is 4.24. The van der Waals surface area contributed by atoms with E-state index in [9.17, 15) is 18.9 Å². The molecule has 0 saturated heterocycles. The molecule has 1 N–H and O–H groups in total. The van der Waals surface area contributed by atoms with Gasteiger partial charge in [-0.15, -0.1) is 0 Å². The molecule has 4 aromatic rings. The fourth-order valence-corrected chi connectivity index (χ4v) is 2.79. The van der Waals surface area contributed by atoms with Crippen molar-refractivity contribution in [1.82, 2.24) is 24.3 Å². The second-order valence-corrected chi connectivity index (χ2v) is 6.35. The lowest BCUT2D eigenvalue weighted by molar-refractivity contribution is -0.384. The van der Waals surface area contributed by atoms with Gasteiger partial charge in [-0.25, -0.2) is 23.7 Å². The minimum absolute atomic E-state index is 0.00939. The normalized spacial score (nSPS) is 11.0. The van der Waals surface area contributed by atoms with Gasteiger partial charge in [-0.3, -0.25) is 19.5 Å². The van der Waals surface area contributed by atoms with Crippen LogP contribution >= 0.6 is 0 Å². The highest BCUT2D eigenvalue weighted by atomic mass is 19.1. The van der Waals surface area contributed by atoms with Crippen molar-refractivity contribution in [2.24, 2.45) is 0 Å². The van der Waals surface area contributed by atoms with E-state index in [-0.39, 0.29) is 37.1 Å². The lowest BCUT2D eigenvalue weighted by atomic mass is 10.3. The molecule has 0 saturated carbocycles. The lowest BCUT2D eigenvalue weighted by Gasteiger charge is -2.08. The second-order valence-electron chi connectivity index (χ2n) is 6.35. The number of nitro groups is 1. The quantitative estimate of drug-likeness (QED) is 0.259. The van der Waals surface area contributed by atoms with Gasteiger partial charge in [-0.1, -0.05) is 0 Å². The highest BCUT2D eigenvalue weighted by molar-refractivity contribution is 5.63. The summed E-state index contributed by atoms with van der Waals surface area (Å²) in [6.45, 7) is 0.559. The third-order valence-corrected chi connectivity index (χ3v) is 4.24. The van der Waals surface area contributed by atoms with Crippen LogP contribution < -0.4 is 5.32 Å². The largest absolute Gasteiger partial charge is 0.373 e. The number of aromatic nitrogens is 5. The Bertz CT molecular complexity index is 1230. The van der Waals surface area contributed by atoms with E-state index >= 15 is 0 Å². The van der Waals surface area contributed by atoms with E-state index in [1.165, 1.54) is 41.1 Å². The van der Waals surface area contributed by atoms with Gasteiger partial charge < -0.3 is 10.1 Å². The number of rotatable bonds is 8. The van der Waals surface area contributed by atoms with Crippen LogP contribution in [0.5, 0.6) is 0 Å². The molecule has 0 aromatic carbocycles. The van der Waals surface area contributed by atoms with Crippen molar-refractivity contribution in [3.8, 4) is 11.5 Å². The van der Waals surface area contributed by atoms with E-state index in [0.29, 0.717) is 17.0 Å². The summed E-state index contributed by atoms with van der Waals surface area (Å²) in [6, 6.07) is 5.55. The van der Waals surface area contributed by atoms with E-state index in [1.807, 2.05) is 0 Å². The molecule has 0 aliphatic carbocycles. The first-order valence-corrected chi connectivity index (χ1v) is 9.08. The summed E-state index contributed by atoms with van der Waals surface area (Å²) in [5, 5.41) is 14.2. The van der Waals surface area contributed by atoms with Crippen LogP contribution in [0.25, 0.3) is 17.2 Å². The molecule has 0 amide bonds. The van der Waals surface area contributed by atoms with Gasteiger partial charge in [0.25, 0.3) is 0 Å². The molecule has 0 atom stereocenters. The number of imidazole rings is 1. The van der Waals surface area contributed by atoms with Gasteiger partial charge in [0.15, 0.2) is 5.82 Å². The third kappa shape index (κ3) is 4.59. The summed E-state index contributed by atoms with van der Waals surface area (Å²) < 4.78 is 33.4. The maximum atomic E-state index is 13.6. The molecule has 0 spiro atoms. The van der Waals surface area contributed by atoms with E-state index < -0.39 is 16.6 Å². The van der Waals surface area contributed by atoms with Gasteiger partial charge in [0.1, 0.15) is 29.2 Å². The monoisotopic (exact) mass is 427 g/mol. The van der Waals surface area contributed by atoms with Crippen molar-refractivity contribution >= 4 is 17.2 Å². The predicted octanol–water partition coefficient (Wildman–Crippen LogP) is 3.00. The summed E-state index contributed by atoms with van der Waals surface area (Å²) in [7, 11) is 0. The molecule has 0 bridgehead atoms. The zero-order chi connectivity index (χ0) is 21.8. The van der Waals surface area contributed by atoms with Crippen molar-refractivity contribution in [3.63, 3.8) is 0 Å². The smallest absolute Gasteiger partial charge is 0.329 e. The first kappa shape index (κ1) is 20.2. The van der Waals surface area contributed by atoms with Crippen LogP contribution in [0.1, 0.15) is 5.69 Å². The highest BCUT2D eigenvalue weighted by Gasteiger charge is 2.19. The number of anilines is 1. The molecule has 0 aliphatic rings. The predicted molar refractivity (Wildman–Crippen MR) is 105 cm³/mol. The zero-order valence-electron chi connectivity index (χ0n) is 15.9. The summed E-state index contributed by atoms with van der Waals surface area (Å²) in [5.74, 6) is -0.779. The van der Waals surface area contributed by atoms with E-state index in [1.54, 1.807) is 0 Å². The zero-order valence-corrected chi connectivity index (χ0v) is 15.9. The fourth-order valence-electron chi connectivity index (χ4n) is 2.79. The molecule has 0 radical (unpaired) electrons. The summed E-state index contributed by atoms with van der Waals surface area (Å²) in [4.78, 5) is 27.0. The molecule has 10 nitrogen and oxygen atoms in total. The summed E-state index contributed by atoms with van der Waals surface area (Å²) in [5.41, 5.74) is 1.10. The molecule has 0 unspecified atom stereocenters. The SMILES string of the molecule is O=[N+]([O-])c1cnc(-c2cnc3ccc(F)cn23)nc1NCCOCc1ccc(F)cn1. The van der Waals surface area contributed by atoms with Crippen LogP contribution in [-0.4, -0.2) is 42.4 Å². The van der Waals surface area contributed by atoms with Crippen molar-refractivity contribution in [1.29, 1.82) is 0 Å². The van der Waals surface area contributed by atoms with Gasteiger partial charge in [-0.2, -0.15) is 0 Å². The number of fused-ring (bicyclic) bond motifs is 1. The van der Waals surface area contributed by atoms with Crippen molar-refractivity contribution < 1.29 is 18.4 Å². The Balaban J connectivity index is 1.47. The van der Waals surface area contributed by atoms with Gasteiger partial charge in [-0.05, 0) is 24.3 Å². The second kappa shape index (κ2) is 8.75. The molecule has 0 fully saturated rings. The number of ether oxygens (including phenoxy) is 1. The molecule has 4 rings (SSSR count). The number of hydrogen-bond acceptors (Lipinski definition) is 8. The van der Waals surface area contributed by atoms with Crippen molar-refractivity contribution in [3.05, 3.63) is 76.5 Å². The summed E-state index contributed by atoms with van der Waals surface area (Å²) in [6.07, 6.45) is 4.85. The Morgan fingerprint density at radius 1 is 1.06 bits per heavy atom. The van der Waals surface area contributed by atoms with Crippen LogP contribution in [0.3, 0.4) is 0 Å². The number of nitrogens with one attached hydrogen (secondary N) is 1. The minimum Gasteiger partial charge on any atom is -0.373 e. The van der Waals surface area contributed by atoms with Gasteiger partial charge >= 0.3 is 5.69 Å². The molecule has 4 aromatic heterocycles. The summed E-state index contributed by atoms with van der Waals surface area (Å²) >= 11 is 0. The topological polar surface area (TPSA) is 120 Å². The highest BCUT2D eigenvalue weighted by Crippen LogP contribution is 2.25. The standard InChI is InChI=1S/C19H15F2N7O3/c20-12-1-3-14(23-7-12)11-31-6-5-22-19-16(28(29)30)9-25-18(26-19)15-8-24-17-4-2-13(21)10-27(15)17/h1-4,7-10H,5-6,11H2,(H,22,25,26). The minimum atomic E-state index is -0.608. The van der Waals surface area contributed by atoms with Gasteiger partial charge in [0.2, 0.25) is 5.82 Å². The molecule has 31 heavy (non-hydrogen) atoms. The van der Waals surface area contributed by atoms with E-state index in [2.05, 4.69) is 25.3 Å². The van der Waals surface area contributed by atoms with Crippen LogP contribution in [0.2, 0.25) is 0 Å². The number of pyridine rings is 2. The lowest BCUT2D eigenvalue weighted by Crippen LogP contribution is -2.13. The Hall–Kier alpha value is -4.06. The number of nitrogens with zero attached hydrogens (tertiary/aromatic N) is 6. The fraction of sp³-hybridized carbons (Fsp3) is 0.158. The van der Waals surface area contributed by atoms with Crippen LogP contribution in [0, 0.1) is 21.7 Å². The van der Waals surface area contributed by atoms with Gasteiger partial charge in [0.05, 0.1) is 36.2 Å². The van der Waals surface area contributed by atoms with E-state index in [0.717, 1.165) is 12.4 Å². The van der Waals surface area contributed by atoms with E-state index in [4.69, 9.17) is 4.74 Å². The maximum absolute atomic E-state index is 13.6. The Morgan fingerprint density at radius 2 is 1.90 bits per heavy atom. The van der Waals surface area contributed by atoms with Gasteiger partial charge in [0, 0.05) is 12.7 Å². The van der Waals surface area contributed by atoms with Crippen LogP contribution in [-0.2, 0) is 11.3 Å². The Kier molecular flexibility index (Phi) is 5.71. The maximum Gasteiger partial charge on any atom is 0.329 e. The first-order chi connectivity index (χ1) is 15.0. The number of halogens is 2. The average Bonchev–Trinajstić information content (AvgIpc) is 3.17. The first-order valence-electron chi connectivity index (χ1n) is 9.08. The molecule has 158 valence electrons. The Labute approximate surface area is 173 Å². The molecular formula is C19H15F2N7O3. The van der Waals surface area contributed by atoms with Crippen molar-refractivity contribution in [2.75, 3.05) is 18.5 Å². The molecular weight excluding hydrogens is 412 g/mol. The van der Waals surface area contributed by atoms with Crippen molar-refractivity contribution in [2.45, 2.75) is 6.61 Å². The molecule has 0 aliphatic heterocycles. The number of hydrogen-bond donors (Lipinski definition) is 1. The Morgan fingerprint density at radius 3 is 2.68 bits per heavy atom. The van der Waals surface area contributed by atoms with Crippen LogP contribution in [0.15, 0.2) is 49.1 Å².